The number of nitrogens with zero attached hydrogens (tertiary/aromatic N) is 1. The molecular formula is C12H22N2O2. The quantitative estimate of drug-likeness (QED) is 0.763. The van der Waals surface area contributed by atoms with Gasteiger partial charge in [0.25, 0.3) is 0 Å². The van der Waals surface area contributed by atoms with E-state index in [1.807, 2.05) is 13.0 Å². The molecule has 92 valence electrons. The van der Waals surface area contributed by atoms with Gasteiger partial charge in [0, 0.05) is 32.3 Å². The van der Waals surface area contributed by atoms with E-state index in [2.05, 4.69) is 11.9 Å². The molecule has 0 spiro atoms. The molecule has 1 heterocycles. The molecule has 0 aliphatic heterocycles. The van der Waals surface area contributed by atoms with Gasteiger partial charge in [0.2, 0.25) is 0 Å². The van der Waals surface area contributed by atoms with E-state index in [0.29, 0.717) is 6.54 Å². The third kappa shape index (κ3) is 3.96. The maximum absolute atomic E-state index is 5.57. The number of furan rings is 1. The summed E-state index contributed by atoms with van der Waals surface area (Å²) < 4.78 is 10.5. The Morgan fingerprint density at radius 3 is 2.81 bits per heavy atom. The Morgan fingerprint density at radius 2 is 2.31 bits per heavy atom. The minimum atomic E-state index is 0.160. The van der Waals surface area contributed by atoms with Crippen LogP contribution in [0.1, 0.15) is 17.7 Å². The van der Waals surface area contributed by atoms with Gasteiger partial charge in [0.15, 0.2) is 0 Å². The Kier molecular flexibility index (Phi) is 5.52. The topological polar surface area (TPSA) is 51.6 Å². The monoisotopic (exact) mass is 226 g/mol. The van der Waals surface area contributed by atoms with Crippen molar-refractivity contribution in [1.29, 1.82) is 0 Å². The van der Waals surface area contributed by atoms with Crippen LogP contribution in [0.25, 0.3) is 0 Å². The van der Waals surface area contributed by atoms with Crippen molar-refractivity contribution < 1.29 is 9.15 Å². The van der Waals surface area contributed by atoms with Gasteiger partial charge in [-0.1, -0.05) is 0 Å². The zero-order valence-electron chi connectivity index (χ0n) is 10.4. The first kappa shape index (κ1) is 13.2. The minimum absolute atomic E-state index is 0.160. The van der Waals surface area contributed by atoms with E-state index in [1.54, 1.807) is 13.4 Å². The van der Waals surface area contributed by atoms with Crippen LogP contribution in [0.5, 0.6) is 0 Å². The summed E-state index contributed by atoms with van der Waals surface area (Å²) in [6, 6.07) is 2.02. The highest BCUT2D eigenvalue weighted by molar-refractivity contribution is 5.14. The SMILES string of the molecule is COC(CN)CCN(C)Cc1ccoc1C. The van der Waals surface area contributed by atoms with E-state index < -0.39 is 0 Å². The van der Waals surface area contributed by atoms with Gasteiger partial charge in [-0.05, 0) is 26.5 Å². The highest BCUT2D eigenvalue weighted by Crippen LogP contribution is 2.11. The van der Waals surface area contributed by atoms with Crippen LogP contribution in [0.4, 0.5) is 0 Å². The summed E-state index contributed by atoms with van der Waals surface area (Å²) in [4.78, 5) is 2.25. The van der Waals surface area contributed by atoms with Crippen LogP contribution in [-0.2, 0) is 11.3 Å². The molecule has 2 N–H and O–H groups in total. The first-order chi connectivity index (χ1) is 7.67. The summed E-state index contributed by atoms with van der Waals surface area (Å²) in [5, 5.41) is 0. The standard InChI is InChI=1S/C12H22N2O2/c1-10-11(5-7-16-10)9-14(2)6-4-12(8-13)15-3/h5,7,12H,4,6,8-9,13H2,1-3H3. The summed E-state index contributed by atoms with van der Waals surface area (Å²) in [5.41, 5.74) is 6.81. The van der Waals surface area contributed by atoms with Crippen LogP contribution in [0.2, 0.25) is 0 Å². The highest BCUT2D eigenvalue weighted by Gasteiger charge is 2.09. The Bertz CT molecular complexity index is 295. The second-order valence-electron chi connectivity index (χ2n) is 4.12. The van der Waals surface area contributed by atoms with Crippen molar-refractivity contribution in [3.8, 4) is 0 Å². The van der Waals surface area contributed by atoms with E-state index >= 15 is 0 Å². The molecule has 1 atom stereocenters. The number of hydrogen-bond donors (Lipinski definition) is 1. The maximum atomic E-state index is 5.57. The summed E-state index contributed by atoms with van der Waals surface area (Å²) in [5.74, 6) is 0.994. The van der Waals surface area contributed by atoms with E-state index in [4.69, 9.17) is 14.9 Å². The lowest BCUT2D eigenvalue weighted by Gasteiger charge is -2.19. The van der Waals surface area contributed by atoms with E-state index in [0.717, 1.165) is 25.3 Å². The molecule has 4 heteroatoms. The van der Waals surface area contributed by atoms with Crippen LogP contribution in [-0.4, -0.2) is 38.3 Å². The summed E-state index contributed by atoms with van der Waals surface area (Å²) in [6.07, 6.45) is 2.85. The molecule has 1 rings (SSSR count). The fraction of sp³-hybridized carbons (Fsp3) is 0.667. The number of aryl methyl sites for hydroxylation is 1. The van der Waals surface area contributed by atoms with Gasteiger partial charge in [0.05, 0.1) is 12.4 Å². The maximum Gasteiger partial charge on any atom is 0.105 e. The van der Waals surface area contributed by atoms with Gasteiger partial charge in [0.1, 0.15) is 5.76 Å². The van der Waals surface area contributed by atoms with Gasteiger partial charge in [-0.15, -0.1) is 0 Å². The predicted octanol–water partition coefficient (Wildman–Crippen LogP) is 1.38. The van der Waals surface area contributed by atoms with Gasteiger partial charge < -0.3 is 19.8 Å². The van der Waals surface area contributed by atoms with Crippen LogP contribution in [0.15, 0.2) is 16.7 Å². The van der Waals surface area contributed by atoms with Crippen LogP contribution in [0.3, 0.4) is 0 Å². The smallest absolute Gasteiger partial charge is 0.105 e. The van der Waals surface area contributed by atoms with Crippen molar-refractivity contribution >= 4 is 0 Å². The van der Waals surface area contributed by atoms with Gasteiger partial charge >= 0.3 is 0 Å². The van der Waals surface area contributed by atoms with Crippen molar-refractivity contribution in [1.82, 2.24) is 4.90 Å². The minimum Gasteiger partial charge on any atom is -0.469 e. The number of methoxy groups -OCH3 is 1. The first-order valence-electron chi connectivity index (χ1n) is 5.61. The molecule has 0 aliphatic rings. The van der Waals surface area contributed by atoms with E-state index in [-0.39, 0.29) is 6.10 Å². The lowest BCUT2D eigenvalue weighted by atomic mass is 10.2. The average molecular weight is 226 g/mol. The molecule has 0 amide bonds. The van der Waals surface area contributed by atoms with E-state index in [9.17, 15) is 0 Å². The molecule has 0 aromatic carbocycles. The number of ether oxygens (including phenoxy) is 1. The number of nitrogens with two attached hydrogens (primary N) is 1. The van der Waals surface area contributed by atoms with Crippen molar-refractivity contribution in [2.45, 2.75) is 26.0 Å². The van der Waals surface area contributed by atoms with Crippen molar-refractivity contribution in [3.05, 3.63) is 23.7 Å². The average Bonchev–Trinajstić information content (AvgIpc) is 2.66. The highest BCUT2D eigenvalue weighted by atomic mass is 16.5. The summed E-state index contributed by atoms with van der Waals surface area (Å²) >= 11 is 0. The van der Waals surface area contributed by atoms with Gasteiger partial charge in [-0.3, -0.25) is 0 Å². The number of rotatable bonds is 7. The lowest BCUT2D eigenvalue weighted by Crippen LogP contribution is -2.28. The summed E-state index contributed by atoms with van der Waals surface area (Å²) in [6.45, 7) is 4.44. The third-order valence-corrected chi connectivity index (χ3v) is 2.84. The van der Waals surface area contributed by atoms with Crippen molar-refractivity contribution in [3.63, 3.8) is 0 Å². The predicted molar refractivity (Wildman–Crippen MR) is 64.2 cm³/mol. The lowest BCUT2D eigenvalue weighted by molar-refractivity contribution is 0.0918. The second kappa shape index (κ2) is 6.68. The molecule has 1 aromatic rings. The molecular weight excluding hydrogens is 204 g/mol. The second-order valence-corrected chi connectivity index (χ2v) is 4.12. The molecule has 0 fully saturated rings. The van der Waals surface area contributed by atoms with Crippen molar-refractivity contribution in [2.24, 2.45) is 5.73 Å². The fourth-order valence-electron chi connectivity index (χ4n) is 1.64. The fourth-order valence-corrected chi connectivity index (χ4v) is 1.64. The molecule has 4 nitrogen and oxygen atoms in total. The first-order valence-corrected chi connectivity index (χ1v) is 5.61. The molecule has 16 heavy (non-hydrogen) atoms. The Balaban J connectivity index is 2.31. The molecule has 1 aromatic heterocycles. The van der Waals surface area contributed by atoms with Crippen molar-refractivity contribution in [2.75, 3.05) is 27.2 Å². The molecule has 0 saturated carbocycles. The van der Waals surface area contributed by atoms with E-state index in [1.165, 1.54) is 5.56 Å². The van der Waals surface area contributed by atoms with Crippen LogP contribution < -0.4 is 5.73 Å². The Morgan fingerprint density at radius 1 is 1.56 bits per heavy atom. The zero-order chi connectivity index (χ0) is 12.0. The molecule has 0 radical (unpaired) electrons. The summed E-state index contributed by atoms with van der Waals surface area (Å²) in [7, 11) is 3.80. The van der Waals surface area contributed by atoms with Gasteiger partial charge in [-0.25, -0.2) is 0 Å². The molecule has 0 saturated heterocycles. The van der Waals surface area contributed by atoms with Gasteiger partial charge in [-0.2, -0.15) is 0 Å². The molecule has 0 bridgehead atoms. The molecule has 1 unspecified atom stereocenters. The van der Waals surface area contributed by atoms with Crippen LogP contribution >= 0.6 is 0 Å². The largest absolute Gasteiger partial charge is 0.469 e. The normalized spacial score (nSPS) is 13.3. The number of hydrogen-bond acceptors (Lipinski definition) is 4. The zero-order valence-corrected chi connectivity index (χ0v) is 10.4. The Labute approximate surface area is 97.4 Å². The Hall–Kier alpha value is -0.840. The molecule has 0 aliphatic carbocycles. The van der Waals surface area contributed by atoms with Crippen LogP contribution in [0, 0.1) is 6.92 Å². The third-order valence-electron chi connectivity index (χ3n) is 2.84.